The van der Waals surface area contributed by atoms with E-state index in [-0.39, 0.29) is 6.04 Å². The molecule has 4 rings (SSSR count). The van der Waals surface area contributed by atoms with Crippen LogP contribution in [0.5, 0.6) is 0 Å². The third-order valence-electron chi connectivity index (χ3n) is 4.86. The van der Waals surface area contributed by atoms with Crippen LogP contribution in [-0.2, 0) is 0 Å². The number of aliphatic hydroxyl groups excluding tert-OH is 1. The molecule has 1 N–H and O–H groups in total. The Labute approximate surface area is 146 Å². The molecule has 2 atom stereocenters. The molecule has 1 saturated heterocycles. The van der Waals surface area contributed by atoms with Crippen molar-refractivity contribution in [2.75, 3.05) is 11.4 Å². The number of aliphatic hydroxyl groups is 1. The zero-order valence-corrected chi connectivity index (χ0v) is 14.1. The first-order valence-electron chi connectivity index (χ1n) is 8.87. The molecule has 0 aliphatic carbocycles. The highest BCUT2D eigenvalue weighted by molar-refractivity contribution is 5.71. The standard InChI is InChI=1S/C19H22N4O2/c24-16(17-6-4-12-25-17)13-14-5-2-1-3-11-23(14)18-8-7-15-19(22-18)21-10-9-20-15/h4,6-10,12,14,16,24H,1-3,5,11,13H2/t14-,16+/m1/s1. The van der Waals surface area contributed by atoms with E-state index in [2.05, 4.69) is 14.9 Å². The van der Waals surface area contributed by atoms with Crippen LogP contribution in [0, 0.1) is 0 Å². The number of anilines is 1. The van der Waals surface area contributed by atoms with Gasteiger partial charge in [-0.25, -0.2) is 9.97 Å². The van der Waals surface area contributed by atoms with Gasteiger partial charge in [0.05, 0.1) is 6.26 Å². The molecule has 130 valence electrons. The van der Waals surface area contributed by atoms with Crippen molar-refractivity contribution in [3.63, 3.8) is 0 Å². The minimum Gasteiger partial charge on any atom is -0.467 e. The van der Waals surface area contributed by atoms with E-state index in [1.165, 1.54) is 12.8 Å². The van der Waals surface area contributed by atoms with Gasteiger partial charge in [0, 0.05) is 31.4 Å². The predicted molar refractivity (Wildman–Crippen MR) is 95.2 cm³/mol. The number of furan rings is 1. The van der Waals surface area contributed by atoms with Crippen LogP contribution >= 0.6 is 0 Å². The molecule has 1 fully saturated rings. The van der Waals surface area contributed by atoms with Gasteiger partial charge in [0.25, 0.3) is 0 Å². The minimum atomic E-state index is -0.596. The number of pyridine rings is 1. The Balaban J connectivity index is 1.61. The van der Waals surface area contributed by atoms with E-state index < -0.39 is 6.10 Å². The summed E-state index contributed by atoms with van der Waals surface area (Å²) in [5.41, 5.74) is 1.46. The lowest BCUT2D eigenvalue weighted by Gasteiger charge is -2.32. The van der Waals surface area contributed by atoms with E-state index in [0.29, 0.717) is 17.8 Å². The van der Waals surface area contributed by atoms with Gasteiger partial charge in [-0.15, -0.1) is 0 Å². The largest absolute Gasteiger partial charge is 0.467 e. The summed E-state index contributed by atoms with van der Waals surface area (Å²) in [4.78, 5) is 15.6. The average Bonchev–Trinajstić information content (AvgIpc) is 3.09. The van der Waals surface area contributed by atoms with E-state index >= 15 is 0 Å². The van der Waals surface area contributed by atoms with Gasteiger partial charge < -0.3 is 14.4 Å². The summed E-state index contributed by atoms with van der Waals surface area (Å²) in [6.07, 6.45) is 9.53. The zero-order valence-electron chi connectivity index (χ0n) is 14.1. The van der Waals surface area contributed by atoms with Gasteiger partial charge in [-0.1, -0.05) is 12.8 Å². The van der Waals surface area contributed by atoms with E-state index in [9.17, 15) is 5.11 Å². The van der Waals surface area contributed by atoms with E-state index in [4.69, 9.17) is 9.40 Å². The van der Waals surface area contributed by atoms with Crippen molar-refractivity contribution in [2.24, 2.45) is 0 Å². The summed E-state index contributed by atoms with van der Waals surface area (Å²) in [6.45, 7) is 0.939. The fourth-order valence-corrected chi connectivity index (χ4v) is 3.58. The topological polar surface area (TPSA) is 75.3 Å². The smallest absolute Gasteiger partial charge is 0.180 e. The minimum absolute atomic E-state index is 0.226. The highest BCUT2D eigenvalue weighted by Crippen LogP contribution is 2.30. The summed E-state index contributed by atoms with van der Waals surface area (Å²) in [7, 11) is 0. The molecule has 0 spiro atoms. The molecule has 0 unspecified atom stereocenters. The second kappa shape index (κ2) is 7.19. The van der Waals surface area contributed by atoms with Crippen molar-refractivity contribution in [2.45, 2.75) is 44.2 Å². The van der Waals surface area contributed by atoms with E-state index in [0.717, 1.165) is 30.7 Å². The van der Waals surface area contributed by atoms with Gasteiger partial charge in [0.1, 0.15) is 23.2 Å². The Morgan fingerprint density at radius 1 is 1.16 bits per heavy atom. The van der Waals surface area contributed by atoms with Gasteiger partial charge in [0.15, 0.2) is 5.65 Å². The fourth-order valence-electron chi connectivity index (χ4n) is 3.58. The molecule has 0 bridgehead atoms. The highest BCUT2D eigenvalue weighted by Gasteiger charge is 2.26. The first-order chi connectivity index (χ1) is 12.3. The molecule has 1 aliphatic heterocycles. The van der Waals surface area contributed by atoms with Crippen LogP contribution < -0.4 is 4.90 Å². The van der Waals surface area contributed by atoms with Crippen LogP contribution in [0.15, 0.2) is 47.3 Å². The number of hydrogen-bond acceptors (Lipinski definition) is 6. The summed E-state index contributed by atoms with van der Waals surface area (Å²) >= 11 is 0. The molecule has 3 aromatic heterocycles. The molecule has 0 saturated carbocycles. The van der Waals surface area contributed by atoms with Crippen molar-refractivity contribution in [3.8, 4) is 0 Å². The van der Waals surface area contributed by atoms with Crippen molar-refractivity contribution in [1.82, 2.24) is 15.0 Å². The first kappa shape index (κ1) is 16.0. The van der Waals surface area contributed by atoms with Crippen LogP contribution in [0.25, 0.3) is 11.2 Å². The summed E-state index contributed by atoms with van der Waals surface area (Å²) in [6, 6.07) is 7.84. The van der Waals surface area contributed by atoms with E-state index in [1.54, 1.807) is 18.7 Å². The van der Waals surface area contributed by atoms with Gasteiger partial charge in [-0.3, -0.25) is 4.98 Å². The van der Waals surface area contributed by atoms with Crippen LogP contribution in [0.2, 0.25) is 0 Å². The van der Waals surface area contributed by atoms with Crippen molar-refractivity contribution in [3.05, 3.63) is 48.7 Å². The van der Waals surface area contributed by atoms with Crippen LogP contribution in [0.3, 0.4) is 0 Å². The molecule has 6 heteroatoms. The van der Waals surface area contributed by atoms with Crippen LogP contribution in [0.4, 0.5) is 5.82 Å². The molecule has 0 aromatic carbocycles. The van der Waals surface area contributed by atoms with Gasteiger partial charge in [0.2, 0.25) is 0 Å². The second-order valence-corrected chi connectivity index (χ2v) is 6.53. The Hall–Kier alpha value is -2.47. The molecular formula is C19H22N4O2. The lowest BCUT2D eigenvalue weighted by Crippen LogP contribution is -2.36. The summed E-state index contributed by atoms with van der Waals surface area (Å²) in [5, 5.41) is 10.5. The monoisotopic (exact) mass is 338 g/mol. The molecule has 4 heterocycles. The lowest BCUT2D eigenvalue weighted by molar-refractivity contribution is 0.129. The Bertz CT molecular complexity index is 821. The zero-order chi connectivity index (χ0) is 17.1. The number of fused-ring (bicyclic) bond motifs is 1. The van der Waals surface area contributed by atoms with Gasteiger partial charge in [-0.2, -0.15) is 0 Å². The number of nitrogens with zero attached hydrogens (tertiary/aromatic N) is 4. The Morgan fingerprint density at radius 2 is 2.08 bits per heavy atom. The highest BCUT2D eigenvalue weighted by atomic mass is 16.4. The lowest BCUT2D eigenvalue weighted by atomic mass is 10.0. The maximum Gasteiger partial charge on any atom is 0.180 e. The molecule has 3 aromatic rings. The number of hydrogen-bond donors (Lipinski definition) is 1. The summed E-state index contributed by atoms with van der Waals surface area (Å²) in [5.74, 6) is 1.54. The average molecular weight is 338 g/mol. The van der Waals surface area contributed by atoms with Crippen molar-refractivity contribution >= 4 is 17.0 Å². The molecule has 0 amide bonds. The summed E-state index contributed by atoms with van der Waals surface area (Å²) < 4.78 is 5.36. The second-order valence-electron chi connectivity index (χ2n) is 6.53. The fraction of sp³-hybridized carbons (Fsp3) is 0.421. The maximum absolute atomic E-state index is 10.5. The third-order valence-corrected chi connectivity index (χ3v) is 4.86. The predicted octanol–water partition coefficient (Wildman–Crippen LogP) is 3.49. The van der Waals surface area contributed by atoms with Gasteiger partial charge in [-0.05, 0) is 37.1 Å². The molecule has 6 nitrogen and oxygen atoms in total. The molecule has 25 heavy (non-hydrogen) atoms. The quantitative estimate of drug-likeness (QED) is 0.785. The van der Waals surface area contributed by atoms with E-state index in [1.807, 2.05) is 24.3 Å². The first-order valence-corrected chi connectivity index (χ1v) is 8.87. The van der Waals surface area contributed by atoms with Gasteiger partial charge >= 0.3 is 0 Å². The number of rotatable bonds is 4. The SMILES string of the molecule is O[C@@H](C[C@H]1CCCCCN1c1ccc2nccnc2n1)c1ccco1. The van der Waals surface area contributed by atoms with Crippen LogP contribution in [0.1, 0.15) is 44.0 Å². The molecule has 0 radical (unpaired) electrons. The maximum atomic E-state index is 10.5. The number of aromatic nitrogens is 3. The van der Waals surface area contributed by atoms with Crippen molar-refractivity contribution in [1.29, 1.82) is 0 Å². The Morgan fingerprint density at radius 3 is 2.96 bits per heavy atom. The third kappa shape index (κ3) is 3.49. The molecular weight excluding hydrogens is 316 g/mol. The van der Waals surface area contributed by atoms with Crippen LogP contribution in [-0.4, -0.2) is 32.6 Å². The normalized spacial score (nSPS) is 19.7. The molecule has 1 aliphatic rings. The van der Waals surface area contributed by atoms with Crippen molar-refractivity contribution < 1.29 is 9.52 Å². The Kier molecular flexibility index (Phi) is 4.61.